The zero-order chi connectivity index (χ0) is 15.9. The lowest BCUT2D eigenvalue weighted by Gasteiger charge is -2.13. The molecule has 0 fully saturated rings. The van der Waals surface area contributed by atoms with Crippen LogP contribution in [0.25, 0.3) is 0 Å². The molecule has 0 radical (unpaired) electrons. The van der Waals surface area contributed by atoms with E-state index in [4.69, 9.17) is 9.47 Å². The highest BCUT2D eigenvalue weighted by molar-refractivity contribution is 5.38. The average Bonchev–Trinajstić information content (AvgIpc) is 2.55. The van der Waals surface area contributed by atoms with Crippen molar-refractivity contribution in [3.63, 3.8) is 0 Å². The molecule has 0 heterocycles. The molecule has 114 valence electrons. The third-order valence-electron chi connectivity index (χ3n) is 3.89. The number of hydrogen-bond donors (Lipinski definition) is 0. The molecular formula is C19H21NO2. The van der Waals surface area contributed by atoms with Crippen LogP contribution in [0.5, 0.6) is 11.5 Å². The topological polar surface area (TPSA) is 42.2 Å². The van der Waals surface area contributed by atoms with Crippen molar-refractivity contribution < 1.29 is 9.47 Å². The number of benzene rings is 2. The van der Waals surface area contributed by atoms with Crippen molar-refractivity contribution in [3.8, 4) is 17.6 Å². The largest absolute Gasteiger partial charge is 0.497 e. The van der Waals surface area contributed by atoms with Crippen LogP contribution in [0.4, 0.5) is 0 Å². The highest BCUT2D eigenvalue weighted by Gasteiger charge is 2.11. The molecule has 0 aromatic heterocycles. The molecular weight excluding hydrogens is 274 g/mol. The predicted molar refractivity (Wildman–Crippen MR) is 87.4 cm³/mol. The van der Waals surface area contributed by atoms with Gasteiger partial charge >= 0.3 is 0 Å². The molecule has 0 N–H and O–H groups in total. The first-order valence-corrected chi connectivity index (χ1v) is 7.38. The minimum atomic E-state index is -0.170. The van der Waals surface area contributed by atoms with Crippen LogP contribution in [-0.2, 0) is 0 Å². The van der Waals surface area contributed by atoms with Crippen molar-refractivity contribution in [2.45, 2.75) is 26.2 Å². The van der Waals surface area contributed by atoms with Gasteiger partial charge in [0.1, 0.15) is 11.5 Å². The van der Waals surface area contributed by atoms with Gasteiger partial charge in [0, 0.05) is 6.42 Å². The molecule has 0 aliphatic heterocycles. The van der Waals surface area contributed by atoms with E-state index >= 15 is 0 Å². The second-order valence-electron chi connectivity index (χ2n) is 5.29. The minimum Gasteiger partial charge on any atom is -0.497 e. The summed E-state index contributed by atoms with van der Waals surface area (Å²) in [7, 11) is 1.63. The average molecular weight is 295 g/mol. The van der Waals surface area contributed by atoms with Gasteiger partial charge in [0.05, 0.1) is 25.7 Å². The van der Waals surface area contributed by atoms with E-state index in [2.05, 4.69) is 26.0 Å². The zero-order valence-electron chi connectivity index (χ0n) is 13.3. The molecule has 3 heteroatoms. The first-order chi connectivity index (χ1) is 10.7. The lowest BCUT2D eigenvalue weighted by molar-refractivity contribution is 0.303. The van der Waals surface area contributed by atoms with Gasteiger partial charge in [0.15, 0.2) is 0 Å². The summed E-state index contributed by atoms with van der Waals surface area (Å²) in [4.78, 5) is 0. The van der Waals surface area contributed by atoms with E-state index in [-0.39, 0.29) is 5.92 Å². The summed E-state index contributed by atoms with van der Waals surface area (Å²) in [5, 5.41) is 9.37. The van der Waals surface area contributed by atoms with E-state index in [0.29, 0.717) is 13.0 Å². The third kappa shape index (κ3) is 3.79. The summed E-state index contributed by atoms with van der Waals surface area (Å²) < 4.78 is 11.0. The molecule has 0 spiro atoms. The van der Waals surface area contributed by atoms with Crippen LogP contribution < -0.4 is 9.47 Å². The standard InChI is InChI=1S/C19H21NO2/c1-14-5-4-6-19(15(14)2)22-12-11-17(13-20)16-7-9-18(21-3)10-8-16/h4-10,17H,11-12H2,1-3H3. The van der Waals surface area contributed by atoms with Gasteiger partial charge in [-0.2, -0.15) is 5.26 Å². The Labute approximate surface area is 132 Å². The molecule has 3 nitrogen and oxygen atoms in total. The number of aryl methyl sites for hydroxylation is 1. The molecule has 0 saturated heterocycles. The van der Waals surface area contributed by atoms with Gasteiger partial charge in [-0.05, 0) is 48.7 Å². The number of ether oxygens (including phenoxy) is 2. The van der Waals surface area contributed by atoms with Gasteiger partial charge < -0.3 is 9.47 Å². The maximum atomic E-state index is 9.37. The lowest BCUT2D eigenvalue weighted by Crippen LogP contribution is -2.05. The van der Waals surface area contributed by atoms with E-state index in [1.807, 2.05) is 36.4 Å². The van der Waals surface area contributed by atoms with Gasteiger partial charge in [-0.15, -0.1) is 0 Å². The van der Waals surface area contributed by atoms with E-state index < -0.39 is 0 Å². The van der Waals surface area contributed by atoms with E-state index in [1.54, 1.807) is 7.11 Å². The van der Waals surface area contributed by atoms with Crippen LogP contribution in [0, 0.1) is 25.2 Å². The molecule has 0 bridgehead atoms. The molecule has 0 aliphatic carbocycles. The number of nitrogens with zero attached hydrogens (tertiary/aromatic N) is 1. The SMILES string of the molecule is COc1ccc(C(C#N)CCOc2cccc(C)c2C)cc1. The Bertz CT molecular complexity index is 656. The van der Waals surface area contributed by atoms with E-state index in [0.717, 1.165) is 22.6 Å². The molecule has 1 unspecified atom stereocenters. The van der Waals surface area contributed by atoms with Crippen molar-refractivity contribution >= 4 is 0 Å². The lowest BCUT2D eigenvalue weighted by atomic mass is 9.97. The predicted octanol–water partition coefficient (Wildman–Crippen LogP) is 4.39. The van der Waals surface area contributed by atoms with Crippen LogP contribution in [0.1, 0.15) is 29.0 Å². The normalized spacial score (nSPS) is 11.5. The molecule has 1 atom stereocenters. The van der Waals surface area contributed by atoms with Gasteiger partial charge in [-0.3, -0.25) is 0 Å². The Hall–Kier alpha value is -2.47. The highest BCUT2D eigenvalue weighted by atomic mass is 16.5. The molecule has 2 rings (SSSR count). The van der Waals surface area contributed by atoms with Gasteiger partial charge in [-0.1, -0.05) is 24.3 Å². The molecule has 0 amide bonds. The van der Waals surface area contributed by atoms with Gasteiger partial charge in [0.25, 0.3) is 0 Å². The molecule has 22 heavy (non-hydrogen) atoms. The monoisotopic (exact) mass is 295 g/mol. The summed E-state index contributed by atoms with van der Waals surface area (Å²) in [6.07, 6.45) is 0.663. The molecule has 2 aromatic carbocycles. The van der Waals surface area contributed by atoms with Gasteiger partial charge in [-0.25, -0.2) is 0 Å². The van der Waals surface area contributed by atoms with Crippen LogP contribution in [0.2, 0.25) is 0 Å². The number of methoxy groups -OCH3 is 1. The fourth-order valence-electron chi connectivity index (χ4n) is 2.31. The van der Waals surface area contributed by atoms with Gasteiger partial charge in [0.2, 0.25) is 0 Å². The van der Waals surface area contributed by atoms with E-state index in [9.17, 15) is 5.26 Å². The smallest absolute Gasteiger partial charge is 0.122 e. The summed E-state index contributed by atoms with van der Waals surface area (Å²) in [6.45, 7) is 4.64. The summed E-state index contributed by atoms with van der Waals surface area (Å²) in [5.41, 5.74) is 3.36. The fourth-order valence-corrected chi connectivity index (χ4v) is 2.31. The highest BCUT2D eigenvalue weighted by Crippen LogP contribution is 2.24. The molecule has 0 saturated carbocycles. The third-order valence-corrected chi connectivity index (χ3v) is 3.89. The van der Waals surface area contributed by atoms with Crippen LogP contribution in [0.3, 0.4) is 0 Å². The first kappa shape index (κ1) is 15.9. The number of hydrogen-bond acceptors (Lipinski definition) is 3. The van der Waals surface area contributed by atoms with Crippen molar-refractivity contribution in [3.05, 3.63) is 59.2 Å². The Morgan fingerprint density at radius 3 is 2.45 bits per heavy atom. The summed E-state index contributed by atoms with van der Waals surface area (Å²) in [5.74, 6) is 1.52. The van der Waals surface area contributed by atoms with Crippen LogP contribution in [0.15, 0.2) is 42.5 Å². The van der Waals surface area contributed by atoms with Crippen LogP contribution in [-0.4, -0.2) is 13.7 Å². The molecule has 0 aliphatic rings. The maximum Gasteiger partial charge on any atom is 0.122 e. The second-order valence-corrected chi connectivity index (χ2v) is 5.29. The Morgan fingerprint density at radius 1 is 1.09 bits per heavy atom. The Kier molecular flexibility index (Phi) is 5.43. The summed E-state index contributed by atoms with van der Waals surface area (Å²) in [6, 6.07) is 16.0. The van der Waals surface area contributed by atoms with Crippen LogP contribution >= 0.6 is 0 Å². The maximum absolute atomic E-state index is 9.37. The van der Waals surface area contributed by atoms with Crippen molar-refractivity contribution in [1.82, 2.24) is 0 Å². The van der Waals surface area contributed by atoms with E-state index in [1.165, 1.54) is 5.56 Å². The molecule has 2 aromatic rings. The quantitative estimate of drug-likeness (QED) is 0.793. The van der Waals surface area contributed by atoms with Crippen molar-refractivity contribution in [2.24, 2.45) is 0 Å². The Morgan fingerprint density at radius 2 is 1.82 bits per heavy atom. The minimum absolute atomic E-state index is 0.170. The second kappa shape index (κ2) is 7.51. The fraction of sp³-hybridized carbons (Fsp3) is 0.316. The number of rotatable bonds is 6. The van der Waals surface area contributed by atoms with Crippen molar-refractivity contribution in [2.75, 3.05) is 13.7 Å². The number of nitriles is 1. The van der Waals surface area contributed by atoms with Crippen molar-refractivity contribution in [1.29, 1.82) is 5.26 Å². The first-order valence-electron chi connectivity index (χ1n) is 7.38. The summed E-state index contributed by atoms with van der Waals surface area (Å²) >= 11 is 0. The zero-order valence-corrected chi connectivity index (χ0v) is 13.3. The Balaban J connectivity index is 1.96.